The average Bonchev–Trinajstić information content (AvgIpc) is 2.29. The summed E-state index contributed by atoms with van der Waals surface area (Å²) in [6, 6.07) is 8.43. The molecule has 0 spiro atoms. The lowest BCUT2D eigenvalue weighted by atomic mass is 9.84. The van der Waals surface area contributed by atoms with Gasteiger partial charge in [-0.15, -0.1) is 0 Å². The van der Waals surface area contributed by atoms with Crippen LogP contribution in [0.15, 0.2) is 24.3 Å². The first-order valence-corrected chi connectivity index (χ1v) is 6.02. The van der Waals surface area contributed by atoms with Crippen molar-refractivity contribution in [2.75, 3.05) is 6.61 Å². The van der Waals surface area contributed by atoms with Gasteiger partial charge in [-0.1, -0.05) is 44.9 Å². The first-order chi connectivity index (χ1) is 7.31. The third-order valence-electron chi connectivity index (χ3n) is 3.46. The van der Waals surface area contributed by atoms with E-state index in [0.29, 0.717) is 5.92 Å². The summed E-state index contributed by atoms with van der Waals surface area (Å²) in [4.78, 5) is 0. The molecule has 1 aromatic carbocycles. The van der Waals surface area contributed by atoms with Crippen LogP contribution in [0.5, 0.6) is 5.75 Å². The Morgan fingerprint density at radius 2 is 2.20 bits per heavy atom. The maximum absolute atomic E-state index is 5.80. The molecule has 0 aromatic heterocycles. The number of fused-ring (bicyclic) bond motifs is 1. The van der Waals surface area contributed by atoms with Crippen molar-refractivity contribution >= 4 is 0 Å². The summed E-state index contributed by atoms with van der Waals surface area (Å²) in [5.41, 5.74) is 1.39. The third kappa shape index (κ3) is 2.34. The van der Waals surface area contributed by atoms with Gasteiger partial charge in [0.2, 0.25) is 0 Å². The molecule has 1 aliphatic rings. The molecule has 0 bridgehead atoms. The van der Waals surface area contributed by atoms with Gasteiger partial charge in [0.1, 0.15) is 5.75 Å². The van der Waals surface area contributed by atoms with Gasteiger partial charge in [0, 0.05) is 0 Å². The number of para-hydroxylation sites is 1. The fraction of sp³-hybridized carbons (Fsp3) is 0.571. The third-order valence-corrected chi connectivity index (χ3v) is 3.46. The van der Waals surface area contributed by atoms with E-state index < -0.39 is 0 Å². The highest BCUT2D eigenvalue weighted by molar-refractivity contribution is 5.35. The molecule has 2 unspecified atom stereocenters. The Hall–Kier alpha value is -0.980. The van der Waals surface area contributed by atoms with Crippen molar-refractivity contribution in [3.05, 3.63) is 29.8 Å². The van der Waals surface area contributed by atoms with Crippen LogP contribution in [0.4, 0.5) is 0 Å². The van der Waals surface area contributed by atoms with Gasteiger partial charge in [-0.05, 0) is 29.9 Å². The van der Waals surface area contributed by atoms with Crippen molar-refractivity contribution in [1.29, 1.82) is 0 Å². The summed E-state index contributed by atoms with van der Waals surface area (Å²) in [6.07, 6.45) is 3.78. The summed E-state index contributed by atoms with van der Waals surface area (Å²) < 4.78 is 5.80. The lowest BCUT2D eigenvalue weighted by Crippen LogP contribution is -2.26. The molecule has 0 aliphatic carbocycles. The predicted molar refractivity (Wildman–Crippen MR) is 63.2 cm³/mol. The number of hydrogen-bond acceptors (Lipinski definition) is 1. The zero-order valence-electron chi connectivity index (χ0n) is 9.70. The van der Waals surface area contributed by atoms with Crippen molar-refractivity contribution < 1.29 is 4.74 Å². The molecule has 0 saturated heterocycles. The molecule has 1 heterocycles. The van der Waals surface area contributed by atoms with E-state index in [1.54, 1.807) is 0 Å². The van der Waals surface area contributed by atoms with Crippen molar-refractivity contribution in [1.82, 2.24) is 0 Å². The monoisotopic (exact) mass is 204 g/mol. The maximum atomic E-state index is 5.80. The zero-order valence-corrected chi connectivity index (χ0v) is 9.70. The van der Waals surface area contributed by atoms with Gasteiger partial charge in [-0.25, -0.2) is 0 Å². The van der Waals surface area contributed by atoms with E-state index in [9.17, 15) is 0 Å². The zero-order chi connectivity index (χ0) is 10.7. The second kappa shape index (κ2) is 4.69. The summed E-state index contributed by atoms with van der Waals surface area (Å²) in [6.45, 7) is 5.51. The van der Waals surface area contributed by atoms with Crippen LogP contribution in [0.3, 0.4) is 0 Å². The number of rotatable bonds is 3. The Kier molecular flexibility index (Phi) is 3.30. The highest BCUT2D eigenvalue weighted by Crippen LogP contribution is 2.31. The van der Waals surface area contributed by atoms with Crippen LogP contribution in [0.25, 0.3) is 0 Å². The molecule has 1 heteroatoms. The van der Waals surface area contributed by atoms with Gasteiger partial charge in [0.15, 0.2) is 0 Å². The molecule has 15 heavy (non-hydrogen) atoms. The summed E-state index contributed by atoms with van der Waals surface area (Å²) in [5, 5.41) is 0. The van der Waals surface area contributed by atoms with E-state index in [1.807, 2.05) is 0 Å². The average molecular weight is 204 g/mol. The fourth-order valence-corrected chi connectivity index (χ4v) is 2.41. The predicted octanol–water partition coefficient (Wildman–Crippen LogP) is 3.67. The molecule has 1 aromatic rings. The van der Waals surface area contributed by atoms with Crippen LogP contribution >= 0.6 is 0 Å². The van der Waals surface area contributed by atoms with Gasteiger partial charge in [0.05, 0.1) is 6.61 Å². The molecule has 0 fully saturated rings. The summed E-state index contributed by atoms with van der Waals surface area (Å²) >= 11 is 0. The summed E-state index contributed by atoms with van der Waals surface area (Å²) in [5.74, 6) is 2.58. The van der Waals surface area contributed by atoms with Crippen molar-refractivity contribution in [3.63, 3.8) is 0 Å². The normalized spacial score (nSPS) is 21.6. The minimum atomic E-state index is 0.708. The lowest BCUT2D eigenvalue weighted by molar-refractivity contribution is 0.172. The van der Waals surface area contributed by atoms with Crippen LogP contribution in [0.1, 0.15) is 32.3 Å². The molecule has 82 valence electrons. The second-order valence-corrected chi connectivity index (χ2v) is 4.65. The van der Waals surface area contributed by atoms with Gasteiger partial charge in [0.25, 0.3) is 0 Å². The number of hydrogen-bond donors (Lipinski definition) is 0. The van der Waals surface area contributed by atoms with Gasteiger partial charge in [-0.2, -0.15) is 0 Å². The van der Waals surface area contributed by atoms with Gasteiger partial charge >= 0.3 is 0 Å². The highest BCUT2D eigenvalue weighted by Gasteiger charge is 2.23. The van der Waals surface area contributed by atoms with E-state index in [4.69, 9.17) is 4.74 Å². The Bertz CT molecular complexity index is 319. The minimum absolute atomic E-state index is 0.708. The van der Waals surface area contributed by atoms with Crippen molar-refractivity contribution in [2.24, 2.45) is 11.8 Å². The molecule has 0 radical (unpaired) electrons. The van der Waals surface area contributed by atoms with E-state index in [1.165, 1.54) is 24.8 Å². The molecule has 0 amide bonds. The standard InChI is InChI=1S/C14H20O/c1-3-6-11(2)13-9-12-7-4-5-8-14(12)15-10-13/h4-5,7-8,11,13H,3,6,9-10H2,1-2H3. The SMILES string of the molecule is CCCC(C)C1COc2ccccc2C1. The van der Waals surface area contributed by atoms with E-state index >= 15 is 0 Å². The van der Waals surface area contributed by atoms with Crippen LogP contribution in [-0.4, -0.2) is 6.61 Å². The van der Waals surface area contributed by atoms with E-state index in [2.05, 4.69) is 38.1 Å². The molecule has 0 saturated carbocycles. The maximum Gasteiger partial charge on any atom is 0.122 e. The minimum Gasteiger partial charge on any atom is -0.493 e. The highest BCUT2D eigenvalue weighted by atomic mass is 16.5. The first kappa shape index (κ1) is 10.5. The molecule has 1 nitrogen and oxygen atoms in total. The molecular formula is C14H20O. The summed E-state index contributed by atoms with van der Waals surface area (Å²) in [7, 11) is 0. The first-order valence-electron chi connectivity index (χ1n) is 6.02. The van der Waals surface area contributed by atoms with Crippen LogP contribution in [0.2, 0.25) is 0 Å². The fourth-order valence-electron chi connectivity index (χ4n) is 2.41. The topological polar surface area (TPSA) is 9.23 Å². The molecular weight excluding hydrogens is 184 g/mol. The van der Waals surface area contributed by atoms with Crippen LogP contribution in [0, 0.1) is 11.8 Å². The van der Waals surface area contributed by atoms with E-state index in [-0.39, 0.29) is 0 Å². The van der Waals surface area contributed by atoms with Crippen LogP contribution in [-0.2, 0) is 6.42 Å². The van der Waals surface area contributed by atoms with Crippen LogP contribution < -0.4 is 4.74 Å². The molecule has 2 rings (SSSR count). The Morgan fingerprint density at radius 1 is 1.40 bits per heavy atom. The Labute approximate surface area is 92.5 Å². The molecule has 0 N–H and O–H groups in total. The number of benzene rings is 1. The quantitative estimate of drug-likeness (QED) is 0.730. The smallest absolute Gasteiger partial charge is 0.122 e. The van der Waals surface area contributed by atoms with Crippen molar-refractivity contribution in [2.45, 2.75) is 33.1 Å². The molecule has 2 atom stereocenters. The van der Waals surface area contributed by atoms with Gasteiger partial charge in [-0.3, -0.25) is 0 Å². The number of ether oxygens (including phenoxy) is 1. The Morgan fingerprint density at radius 3 is 3.00 bits per heavy atom. The van der Waals surface area contributed by atoms with Crippen molar-refractivity contribution in [3.8, 4) is 5.75 Å². The van der Waals surface area contributed by atoms with E-state index in [0.717, 1.165) is 18.3 Å². The molecule has 1 aliphatic heterocycles. The second-order valence-electron chi connectivity index (χ2n) is 4.65. The largest absolute Gasteiger partial charge is 0.493 e. The lowest BCUT2D eigenvalue weighted by Gasteiger charge is -2.29. The van der Waals surface area contributed by atoms with Gasteiger partial charge < -0.3 is 4.74 Å². The Balaban J connectivity index is 2.05.